The molecule has 112 valence electrons. The SMILES string of the molecule is CCOC(=O)c1cccc(Cn2c(=O)oc3ccccc32)c1. The van der Waals surface area contributed by atoms with Crippen LogP contribution in [-0.2, 0) is 11.3 Å². The van der Waals surface area contributed by atoms with Crippen LogP contribution in [-0.4, -0.2) is 17.1 Å². The van der Waals surface area contributed by atoms with E-state index >= 15 is 0 Å². The molecule has 2 aromatic carbocycles. The van der Waals surface area contributed by atoms with Gasteiger partial charge in [-0.15, -0.1) is 0 Å². The Balaban J connectivity index is 1.95. The van der Waals surface area contributed by atoms with E-state index in [2.05, 4.69) is 0 Å². The van der Waals surface area contributed by atoms with Crippen LogP contribution in [0.15, 0.2) is 57.7 Å². The number of ether oxygens (including phenoxy) is 1. The lowest BCUT2D eigenvalue weighted by atomic mass is 10.1. The van der Waals surface area contributed by atoms with Gasteiger partial charge in [0.15, 0.2) is 5.58 Å². The molecule has 0 radical (unpaired) electrons. The average molecular weight is 297 g/mol. The minimum Gasteiger partial charge on any atom is -0.462 e. The summed E-state index contributed by atoms with van der Waals surface area (Å²) >= 11 is 0. The second-order valence-corrected chi connectivity index (χ2v) is 4.84. The first kappa shape index (κ1) is 14.1. The number of benzene rings is 2. The summed E-state index contributed by atoms with van der Waals surface area (Å²) in [6.45, 7) is 2.43. The molecule has 0 aliphatic carbocycles. The van der Waals surface area contributed by atoms with Crippen LogP contribution in [0.4, 0.5) is 0 Å². The van der Waals surface area contributed by atoms with Gasteiger partial charge in [-0.3, -0.25) is 4.57 Å². The van der Waals surface area contributed by atoms with Crippen LogP contribution >= 0.6 is 0 Å². The Kier molecular flexibility index (Phi) is 3.78. The van der Waals surface area contributed by atoms with Crippen molar-refractivity contribution in [2.45, 2.75) is 13.5 Å². The van der Waals surface area contributed by atoms with E-state index in [0.717, 1.165) is 11.1 Å². The first-order valence-electron chi connectivity index (χ1n) is 7.03. The highest BCUT2D eigenvalue weighted by atomic mass is 16.5. The Morgan fingerprint density at radius 2 is 2.00 bits per heavy atom. The lowest BCUT2D eigenvalue weighted by molar-refractivity contribution is 0.0526. The molecule has 0 aliphatic heterocycles. The molecule has 0 spiro atoms. The topological polar surface area (TPSA) is 61.4 Å². The number of fused-ring (bicyclic) bond motifs is 1. The van der Waals surface area contributed by atoms with Gasteiger partial charge in [0.05, 0.1) is 24.2 Å². The number of nitrogens with zero attached hydrogens (tertiary/aromatic N) is 1. The normalized spacial score (nSPS) is 10.8. The molecule has 1 aromatic heterocycles. The molecule has 3 rings (SSSR count). The van der Waals surface area contributed by atoms with Gasteiger partial charge in [-0.1, -0.05) is 24.3 Å². The molecule has 0 bridgehead atoms. The second kappa shape index (κ2) is 5.89. The molecular formula is C17H15NO4. The summed E-state index contributed by atoms with van der Waals surface area (Å²) in [7, 11) is 0. The fourth-order valence-electron chi connectivity index (χ4n) is 2.36. The average Bonchev–Trinajstić information content (AvgIpc) is 2.84. The van der Waals surface area contributed by atoms with E-state index < -0.39 is 5.76 Å². The van der Waals surface area contributed by atoms with E-state index in [4.69, 9.17) is 9.15 Å². The van der Waals surface area contributed by atoms with Gasteiger partial charge < -0.3 is 9.15 Å². The van der Waals surface area contributed by atoms with E-state index in [-0.39, 0.29) is 5.97 Å². The summed E-state index contributed by atoms with van der Waals surface area (Å²) in [4.78, 5) is 23.7. The first-order chi connectivity index (χ1) is 10.7. The van der Waals surface area contributed by atoms with Crippen molar-refractivity contribution in [3.05, 3.63) is 70.2 Å². The summed E-state index contributed by atoms with van der Waals surface area (Å²) in [5.74, 6) is -0.781. The predicted octanol–water partition coefficient (Wildman–Crippen LogP) is 2.82. The lowest BCUT2D eigenvalue weighted by Gasteiger charge is -2.06. The van der Waals surface area contributed by atoms with Crippen LogP contribution in [0.2, 0.25) is 0 Å². The number of oxazole rings is 1. The fraction of sp³-hybridized carbons (Fsp3) is 0.176. The van der Waals surface area contributed by atoms with Gasteiger partial charge in [0.1, 0.15) is 0 Å². The minimum absolute atomic E-state index is 0.328. The molecule has 0 amide bonds. The molecule has 0 fully saturated rings. The minimum atomic E-state index is -0.414. The van der Waals surface area contributed by atoms with Crippen LogP contribution in [0.5, 0.6) is 0 Å². The van der Waals surface area contributed by atoms with Crippen molar-refractivity contribution in [1.29, 1.82) is 0 Å². The van der Waals surface area contributed by atoms with Crippen molar-refractivity contribution in [2.24, 2.45) is 0 Å². The number of hydrogen-bond donors (Lipinski definition) is 0. The van der Waals surface area contributed by atoms with Crippen LogP contribution < -0.4 is 5.76 Å². The second-order valence-electron chi connectivity index (χ2n) is 4.84. The fourth-order valence-corrected chi connectivity index (χ4v) is 2.36. The van der Waals surface area contributed by atoms with E-state index in [1.165, 1.54) is 0 Å². The molecule has 0 aliphatic rings. The van der Waals surface area contributed by atoms with Gasteiger partial charge >= 0.3 is 11.7 Å². The van der Waals surface area contributed by atoms with Crippen molar-refractivity contribution in [2.75, 3.05) is 6.61 Å². The van der Waals surface area contributed by atoms with Gasteiger partial charge in [0.25, 0.3) is 0 Å². The standard InChI is InChI=1S/C17H15NO4/c1-2-21-16(19)13-7-5-6-12(10-13)11-18-14-8-3-4-9-15(14)22-17(18)20/h3-10H,2,11H2,1H3. The van der Waals surface area contributed by atoms with Gasteiger partial charge in [0, 0.05) is 0 Å². The number of para-hydroxylation sites is 2. The maximum Gasteiger partial charge on any atom is 0.420 e. The Labute approximate surface area is 126 Å². The summed E-state index contributed by atoms with van der Waals surface area (Å²) in [6, 6.07) is 14.3. The van der Waals surface area contributed by atoms with Crippen LogP contribution in [0.1, 0.15) is 22.8 Å². The lowest BCUT2D eigenvalue weighted by Crippen LogP contribution is -2.15. The van der Waals surface area contributed by atoms with Crippen LogP contribution in [0, 0.1) is 0 Å². The monoisotopic (exact) mass is 297 g/mol. The maximum atomic E-state index is 12.0. The third kappa shape index (κ3) is 2.65. The molecule has 5 heteroatoms. The van der Waals surface area contributed by atoms with Gasteiger partial charge in [-0.05, 0) is 36.8 Å². The Morgan fingerprint density at radius 1 is 1.18 bits per heavy atom. The number of rotatable bonds is 4. The molecule has 0 saturated heterocycles. The zero-order valence-electron chi connectivity index (χ0n) is 12.1. The molecule has 22 heavy (non-hydrogen) atoms. The van der Waals surface area contributed by atoms with Gasteiger partial charge in [0.2, 0.25) is 0 Å². The smallest absolute Gasteiger partial charge is 0.420 e. The number of hydrogen-bond acceptors (Lipinski definition) is 4. The Morgan fingerprint density at radius 3 is 2.82 bits per heavy atom. The first-order valence-corrected chi connectivity index (χ1v) is 7.03. The quantitative estimate of drug-likeness (QED) is 0.695. The number of aromatic nitrogens is 1. The third-order valence-corrected chi connectivity index (χ3v) is 3.35. The van der Waals surface area contributed by atoms with Crippen molar-refractivity contribution >= 4 is 17.1 Å². The van der Waals surface area contributed by atoms with Crippen LogP contribution in [0.3, 0.4) is 0 Å². The van der Waals surface area contributed by atoms with Crippen molar-refractivity contribution < 1.29 is 13.9 Å². The zero-order valence-corrected chi connectivity index (χ0v) is 12.1. The zero-order chi connectivity index (χ0) is 15.5. The predicted molar refractivity (Wildman–Crippen MR) is 82.0 cm³/mol. The molecule has 0 N–H and O–H groups in total. The third-order valence-electron chi connectivity index (χ3n) is 3.35. The van der Waals surface area contributed by atoms with Gasteiger partial charge in [-0.2, -0.15) is 0 Å². The summed E-state index contributed by atoms with van der Waals surface area (Å²) in [5.41, 5.74) is 2.59. The van der Waals surface area contributed by atoms with Gasteiger partial charge in [-0.25, -0.2) is 9.59 Å². The summed E-state index contributed by atoms with van der Waals surface area (Å²) < 4.78 is 11.7. The van der Waals surface area contributed by atoms with Crippen molar-refractivity contribution in [3.8, 4) is 0 Å². The highest BCUT2D eigenvalue weighted by molar-refractivity contribution is 5.89. The number of carbonyl (C=O) groups is 1. The molecule has 0 saturated carbocycles. The molecule has 0 unspecified atom stereocenters. The van der Waals surface area contributed by atoms with E-state index in [1.807, 2.05) is 24.3 Å². The number of carbonyl (C=O) groups excluding carboxylic acids is 1. The molecule has 1 heterocycles. The Hall–Kier alpha value is -2.82. The molecule has 3 aromatic rings. The highest BCUT2D eigenvalue weighted by Crippen LogP contribution is 2.14. The molecular weight excluding hydrogens is 282 g/mol. The van der Waals surface area contributed by atoms with Crippen molar-refractivity contribution in [1.82, 2.24) is 4.57 Å². The van der Waals surface area contributed by atoms with E-state index in [1.54, 1.807) is 35.8 Å². The van der Waals surface area contributed by atoms with E-state index in [9.17, 15) is 9.59 Å². The molecule has 5 nitrogen and oxygen atoms in total. The van der Waals surface area contributed by atoms with Crippen molar-refractivity contribution in [3.63, 3.8) is 0 Å². The summed E-state index contributed by atoms with van der Waals surface area (Å²) in [5, 5.41) is 0. The Bertz CT molecular complexity index is 875. The van der Waals surface area contributed by atoms with E-state index in [0.29, 0.717) is 24.3 Å². The molecule has 0 atom stereocenters. The maximum absolute atomic E-state index is 12.0. The number of esters is 1. The largest absolute Gasteiger partial charge is 0.462 e. The highest BCUT2D eigenvalue weighted by Gasteiger charge is 2.11. The van der Waals surface area contributed by atoms with Crippen LogP contribution in [0.25, 0.3) is 11.1 Å². The summed E-state index contributed by atoms with van der Waals surface area (Å²) in [6.07, 6.45) is 0.